The zero-order valence-corrected chi connectivity index (χ0v) is 19.0. The van der Waals surface area contributed by atoms with Crippen LogP contribution in [0.25, 0.3) is 11.1 Å². The molecular weight excluding hydrogens is 436 g/mol. The number of ether oxygens (including phenoxy) is 2. The van der Waals surface area contributed by atoms with E-state index in [1.807, 2.05) is 24.3 Å². The van der Waals surface area contributed by atoms with E-state index in [0.29, 0.717) is 19.4 Å². The lowest BCUT2D eigenvalue weighted by Crippen LogP contribution is -2.53. The first-order chi connectivity index (χ1) is 16.5. The van der Waals surface area contributed by atoms with Gasteiger partial charge in [0.25, 0.3) is 0 Å². The summed E-state index contributed by atoms with van der Waals surface area (Å²) in [5, 5.41) is 14.2. The SMILES string of the molecule is O=C(O)CCOCCNC(=O)C1(CNC(=O)OCC2c3ccccc3-c3ccccc32)CCC1. The normalized spacial score (nSPS) is 15.5. The Morgan fingerprint density at radius 3 is 2.18 bits per heavy atom. The summed E-state index contributed by atoms with van der Waals surface area (Å²) in [4.78, 5) is 35.7. The molecule has 0 unspecified atom stereocenters. The number of amides is 2. The molecule has 2 aromatic rings. The number of aliphatic carboxylic acids is 1. The molecule has 2 aromatic carbocycles. The predicted octanol–water partition coefficient (Wildman–Crippen LogP) is 3.30. The Bertz CT molecular complexity index is 1000. The molecular formula is C26H30N2O6. The summed E-state index contributed by atoms with van der Waals surface area (Å²) >= 11 is 0. The van der Waals surface area contributed by atoms with E-state index in [1.54, 1.807) is 0 Å². The average molecular weight is 467 g/mol. The van der Waals surface area contributed by atoms with Crippen molar-refractivity contribution in [3.8, 4) is 11.1 Å². The van der Waals surface area contributed by atoms with Crippen molar-refractivity contribution in [1.82, 2.24) is 10.6 Å². The van der Waals surface area contributed by atoms with E-state index in [4.69, 9.17) is 14.6 Å². The smallest absolute Gasteiger partial charge is 0.407 e. The van der Waals surface area contributed by atoms with Crippen molar-refractivity contribution in [2.24, 2.45) is 5.41 Å². The van der Waals surface area contributed by atoms with Gasteiger partial charge >= 0.3 is 12.1 Å². The molecule has 180 valence electrons. The average Bonchev–Trinajstić information content (AvgIpc) is 3.13. The number of benzene rings is 2. The highest BCUT2D eigenvalue weighted by molar-refractivity contribution is 5.84. The Morgan fingerprint density at radius 1 is 0.941 bits per heavy atom. The van der Waals surface area contributed by atoms with E-state index in [0.717, 1.165) is 17.5 Å². The molecule has 4 rings (SSSR count). The molecule has 0 radical (unpaired) electrons. The number of nitrogens with one attached hydrogen (secondary N) is 2. The molecule has 0 saturated heterocycles. The summed E-state index contributed by atoms with van der Waals surface area (Å²) in [6.45, 7) is 1.10. The van der Waals surface area contributed by atoms with Gasteiger partial charge in [-0.1, -0.05) is 55.0 Å². The molecule has 1 saturated carbocycles. The van der Waals surface area contributed by atoms with Crippen LogP contribution in [0.5, 0.6) is 0 Å². The maximum atomic E-state index is 12.7. The minimum atomic E-state index is -0.920. The summed E-state index contributed by atoms with van der Waals surface area (Å²) in [5.41, 5.74) is 4.01. The Hall–Kier alpha value is -3.39. The minimum absolute atomic E-state index is 0.0137. The van der Waals surface area contributed by atoms with Crippen molar-refractivity contribution in [3.05, 3.63) is 59.7 Å². The van der Waals surface area contributed by atoms with Crippen LogP contribution in [0.2, 0.25) is 0 Å². The highest BCUT2D eigenvalue weighted by atomic mass is 16.5. The highest BCUT2D eigenvalue weighted by Crippen LogP contribution is 2.44. The molecule has 0 heterocycles. The third kappa shape index (κ3) is 5.22. The van der Waals surface area contributed by atoms with Crippen molar-refractivity contribution < 1.29 is 29.0 Å². The standard InChI is InChI=1S/C26H30N2O6/c29-23(30)10-14-33-15-13-27-24(31)26(11-5-12-26)17-28-25(32)34-16-22-20-8-3-1-6-18(20)19-7-2-4-9-21(19)22/h1-4,6-9,22H,5,10-17H2,(H,27,31)(H,28,32)(H,29,30). The number of hydrogen-bond acceptors (Lipinski definition) is 5. The molecule has 0 atom stereocenters. The maximum absolute atomic E-state index is 12.7. The van der Waals surface area contributed by atoms with Crippen LogP contribution in [0.1, 0.15) is 42.7 Å². The van der Waals surface area contributed by atoms with Gasteiger partial charge in [0, 0.05) is 19.0 Å². The van der Waals surface area contributed by atoms with E-state index in [-0.39, 0.29) is 44.6 Å². The predicted molar refractivity (Wildman–Crippen MR) is 125 cm³/mol. The maximum Gasteiger partial charge on any atom is 0.407 e. The Morgan fingerprint density at radius 2 is 1.59 bits per heavy atom. The van der Waals surface area contributed by atoms with E-state index < -0.39 is 17.5 Å². The Labute approximate surface area is 198 Å². The van der Waals surface area contributed by atoms with Gasteiger partial charge < -0.3 is 25.2 Å². The third-order valence-electron chi connectivity index (χ3n) is 6.70. The minimum Gasteiger partial charge on any atom is -0.481 e. The Balaban J connectivity index is 1.24. The van der Waals surface area contributed by atoms with Crippen molar-refractivity contribution in [2.45, 2.75) is 31.6 Å². The molecule has 0 spiro atoms. The fraction of sp³-hybridized carbons (Fsp3) is 0.423. The highest BCUT2D eigenvalue weighted by Gasteiger charge is 2.44. The van der Waals surface area contributed by atoms with Gasteiger partial charge in [0.2, 0.25) is 5.91 Å². The lowest BCUT2D eigenvalue weighted by Gasteiger charge is -2.40. The summed E-state index contributed by atoms with van der Waals surface area (Å²) in [6, 6.07) is 16.3. The first-order valence-corrected chi connectivity index (χ1v) is 11.7. The summed E-state index contributed by atoms with van der Waals surface area (Å²) in [5.74, 6) is -1.06. The molecule has 3 N–H and O–H groups in total. The first-order valence-electron chi connectivity index (χ1n) is 11.7. The number of carbonyl (C=O) groups is 3. The number of alkyl carbamates (subject to hydrolysis) is 1. The van der Waals surface area contributed by atoms with Crippen molar-refractivity contribution in [3.63, 3.8) is 0 Å². The number of rotatable bonds is 11. The lowest BCUT2D eigenvalue weighted by molar-refractivity contribution is -0.139. The molecule has 2 aliphatic rings. The van der Waals surface area contributed by atoms with E-state index >= 15 is 0 Å². The molecule has 0 aliphatic heterocycles. The van der Waals surface area contributed by atoms with Crippen LogP contribution >= 0.6 is 0 Å². The van der Waals surface area contributed by atoms with Crippen LogP contribution in [0, 0.1) is 5.41 Å². The van der Waals surface area contributed by atoms with Gasteiger partial charge in [-0.05, 0) is 35.1 Å². The van der Waals surface area contributed by atoms with Crippen LogP contribution in [0.4, 0.5) is 4.79 Å². The molecule has 34 heavy (non-hydrogen) atoms. The molecule has 8 nitrogen and oxygen atoms in total. The van der Waals surface area contributed by atoms with Crippen LogP contribution in [-0.4, -0.2) is 56.0 Å². The number of carboxylic acids is 1. The van der Waals surface area contributed by atoms with E-state index in [9.17, 15) is 14.4 Å². The van der Waals surface area contributed by atoms with Crippen LogP contribution in [0.15, 0.2) is 48.5 Å². The van der Waals surface area contributed by atoms with E-state index in [2.05, 4.69) is 34.9 Å². The van der Waals surface area contributed by atoms with Gasteiger partial charge in [-0.3, -0.25) is 9.59 Å². The van der Waals surface area contributed by atoms with Crippen molar-refractivity contribution >= 4 is 18.0 Å². The van der Waals surface area contributed by atoms with Crippen molar-refractivity contribution in [1.29, 1.82) is 0 Å². The molecule has 8 heteroatoms. The third-order valence-corrected chi connectivity index (χ3v) is 6.70. The fourth-order valence-electron chi connectivity index (χ4n) is 4.66. The Kier molecular flexibility index (Phi) is 7.47. The molecule has 0 aromatic heterocycles. The fourth-order valence-corrected chi connectivity index (χ4v) is 4.66. The number of carboxylic acid groups (broad SMARTS) is 1. The largest absolute Gasteiger partial charge is 0.481 e. The topological polar surface area (TPSA) is 114 Å². The molecule has 0 bridgehead atoms. The van der Waals surface area contributed by atoms with Crippen LogP contribution in [0.3, 0.4) is 0 Å². The van der Waals surface area contributed by atoms with Gasteiger partial charge in [-0.15, -0.1) is 0 Å². The van der Waals surface area contributed by atoms with Gasteiger partial charge in [-0.2, -0.15) is 0 Å². The summed E-state index contributed by atoms with van der Waals surface area (Å²) < 4.78 is 10.8. The monoisotopic (exact) mass is 466 g/mol. The van der Waals surface area contributed by atoms with Crippen LogP contribution < -0.4 is 10.6 Å². The molecule has 2 amide bonds. The quantitative estimate of drug-likeness (QED) is 0.438. The second kappa shape index (κ2) is 10.7. The van der Waals surface area contributed by atoms with Gasteiger partial charge in [-0.25, -0.2) is 4.79 Å². The lowest BCUT2D eigenvalue weighted by atomic mass is 9.68. The summed E-state index contributed by atoms with van der Waals surface area (Å²) in [6.07, 6.45) is 1.72. The number of carbonyl (C=O) groups excluding carboxylic acids is 2. The van der Waals surface area contributed by atoms with Gasteiger partial charge in [0.1, 0.15) is 6.61 Å². The van der Waals surface area contributed by atoms with E-state index in [1.165, 1.54) is 11.1 Å². The first kappa shape index (κ1) is 23.8. The number of hydrogen-bond donors (Lipinski definition) is 3. The molecule has 1 fully saturated rings. The van der Waals surface area contributed by atoms with Gasteiger partial charge in [0.05, 0.1) is 25.0 Å². The second-order valence-electron chi connectivity index (χ2n) is 8.82. The van der Waals surface area contributed by atoms with Crippen LogP contribution in [-0.2, 0) is 19.1 Å². The molecule has 2 aliphatic carbocycles. The zero-order valence-electron chi connectivity index (χ0n) is 19.0. The zero-order chi connectivity index (χ0) is 24.0. The second-order valence-corrected chi connectivity index (χ2v) is 8.82. The summed E-state index contributed by atoms with van der Waals surface area (Å²) in [7, 11) is 0. The van der Waals surface area contributed by atoms with Gasteiger partial charge in [0.15, 0.2) is 0 Å². The van der Waals surface area contributed by atoms with Crippen molar-refractivity contribution in [2.75, 3.05) is 32.9 Å². The number of fused-ring (bicyclic) bond motifs is 3.